The third-order valence-corrected chi connectivity index (χ3v) is 2.15. The molecule has 6 heteroatoms. The Morgan fingerprint density at radius 3 is 2.22 bits per heavy atom. The Bertz CT molecular complexity index is 438. The van der Waals surface area contributed by atoms with Crippen LogP contribution in [0.1, 0.15) is 24.2 Å². The topological polar surface area (TPSA) is 41.5 Å². The summed E-state index contributed by atoms with van der Waals surface area (Å²) in [6.45, 7) is 2.72. The van der Waals surface area contributed by atoms with Crippen molar-refractivity contribution in [3.8, 4) is 0 Å². The molecule has 98 valence electrons. The monoisotopic (exact) mass is 258 g/mol. The molecule has 18 heavy (non-hydrogen) atoms. The fourth-order valence-electron chi connectivity index (χ4n) is 1.28. The van der Waals surface area contributed by atoms with E-state index in [4.69, 9.17) is 0 Å². The highest BCUT2D eigenvalue weighted by atomic mass is 19.4. The summed E-state index contributed by atoms with van der Waals surface area (Å²) < 4.78 is 37.6. The molecule has 1 N–H and O–H groups in total. The maximum Gasteiger partial charge on any atom is 0.431 e. The van der Waals surface area contributed by atoms with Gasteiger partial charge in [-0.15, -0.1) is 0 Å². The number of hydrogen-bond acceptors (Lipinski definition) is 2. The average Bonchev–Trinajstić information content (AvgIpc) is 2.28. The lowest BCUT2D eigenvalue weighted by atomic mass is 10.1. The Balaban J connectivity index is 2.82. The first-order valence-electron chi connectivity index (χ1n) is 5.32. The van der Waals surface area contributed by atoms with E-state index in [0.717, 1.165) is 0 Å². The SMILES string of the molecule is CC(C)/C(=N\NC(=O)c1ccccc1)C(F)(F)F. The molecule has 0 aliphatic rings. The van der Waals surface area contributed by atoms with E-state index in [1.165, 1.54) is 26.0 Å². The molecule has 0 radical (unpaired) electrons. The second kappa shape index (κ2) is 5.66. The molecule has 0 aromatic heterocycles. The van der Waals surface area contributed by atoms with Gasteiger partial charge in [0, 0.05) is 11.5 Å². The van der Waals surface area contributed by atoms with Crippen LogP contribution < -0.4 is 5.43 Å². The lowest BCUT2D eigenvalue weighted by Crippen LogP contribution is -2.31. The predicted octanol–water partition coefficient (Wildman–Crippen LogP) is 2.99. The number of carbonyl (C=O) groups excluding carboxylic acids is 1. The van der Waals surface area contributed by atoms with Crippen LogP contribution in [0.2, 0.25) is 0 Å². The third kappa shape index (κ3) is 3.87. The zero-order valence-electron chi connectivity index (χ0n) is 9.95. The van der Waals surface area contributed by atoms with Gasteiger partial charge in [-0.3, -0.25) is 4.79 Å². The summed E-state index contributed by atoms with van der Waals surface area (Å²) in [5.41, 5.74) is 1.16. The number of hydrogen-bond donors (Lipinski definition) is 1. The molecule has 1 amide bonds. The van der Waals surface area contributed by atoms with Gasteiger partial charge in [-0.1, -0.05) is 32.0 Å². The molecule has 0 heterocycles. The van der Waals surface area contributed by atoms with Crippen LogP contribution in [0.3, 0.4) is 0 Å². The zero-order valence-corrected chi connectivity index (χ0v) is 9.95. The molecule has 1 aromatic carbocycles. The van der Waals surface area contributed by atoms with E-state index in [1.807, 2.05) is 5.43 Å². The first-order chi connectivity index (χ1) is 8.32. The highest BCUT2D eigenvalue weighted by Gasteiger charge is 2.37. The minimum absolute atomic E-state index is 0.256. The number of nitrogens with zero attached hydrogens (tertiary/aromatic N) is 1. The highest BCUT2D eigenvalue weighted by molar-refractivity contribution is 5.96. The minimum Gasteiger partial charge on any atom is -0.267 e. The zero-order chi connectivity index (χ0) is 13.8. The van der Waals surface area contributed by atoms with Gasteiger partial charge in [0.2, 0.25) is 0 Å². The molecule has 0 saturated carbocycles. The van der Waals surface area contributed by atoms with Gasteiger partial charge in [-0.25, -0.2) is 5.43 Å². The van der Waals surface area contributed by atoms with Gasteiger partial charge in [-0.2, -0.15) is 18.3 Å². The Hall–Kier alpha value is -1.85. The van der Waals surface area contributed by atoms with Crippen LogP contribution in [0.4, 0.5) is 13.2 Å². The molecule has 0 aliphatic carbocycles. The van der Waals surface area contributed by atoms with E-state index in [9.17, 15) is 18.0 Å². The maximum atomic E-state index is 12.5. The predicted molar refractivity (Wildman–Crippen MR) is 62.2 cm³/mol. The van der Waals surface area contributed by atoms with Crippen LogP contribution in [-0.4, -0.2) is 17.8 Å². The van der Waals surface area contributed by atoms with Crippen LogP contribution >= 0.6 is 0 Å². The van der Waals surface area contributed by atoms with E-state index in [1.54, 1.807) is 18.2 Å². The van der Waals surface area contributed by atoms with Gasteiger partial charge in [0.05, 0.1) is 0 Å². The van der Waals surface area contributed by atoms with Gasteiger partial charge >= 0.3 is 6.18 Å². The fraction of sp³-hybridized carbons (Fsp3) is 0.333. The molecule has 0 aliphatic heterocycles. The standard InChI is InChI=1S/C12H13F3N2O/c1-8(2)10(12(13,14)15)16-17-11(18)9-6-4-3-5-7-9/h3-8H,1-2H3,(H,17,18)/b16-10+. The molecule has 0 fully saturated rings. The van der Waals surface area contributed by atoms with E-state index >= 15 is 0 Å². The fourth-order valence-corrected chi connectivity index (χ4v) is 1.28. The Morgan fingerprint density at radius 2 is 1.78 bits per heavy atom. The van der Waals surface area contributed by atoms with E-state index in [0.29, 0.717) is 0 Å². The van der Waals surface area contributed by atoms with Crippen LogP contribution in [0.5, 0.6) is 0 Å². The van der Waals surface area contributed by atoms with Crippen molar-refractivity contribution < 1.29 is 18.0 Å². The summed E-state index contributed by atoms with van der Waals surface area (Å²) in [5, 5.41) is 3.16. The van der Waals surface area contributed by atoms with Crippen LogP contribution in [0.25, 0.3) is 0 Å². The largest absolute Gasteiger partial charge is 0.431 e. The molecular weight excluding hydrogens is 245 g/mol. The molecule has 1 rings (SSSR count). The second-order valence-electron chi connectivity index (χ2n) is 3.96. The Labute approximate surface area is 103 Å². The number of nitrogens with one attached hydrogen (secondary N) is 1. The summed E-state index contributed by atoms with van der Waals surface area (Å²) in [6, 6.07) is 7.92. The first-order valence-corrected chi connectivity index (χ1v) is 5.32. The van der Waals surface area contributed by atoms with E-state index < -0.39 is 23.7 Å². The average molecular weight is 258 g/mol. The number of hydrazone groups is 1. The first kappa shape index (κ1) is 14.2. The maximum absolute atomic E-state index is 12.5. The Kier molecular flexibility index (Phi) is 4.47. The van der Waals surface area contributed by atoms with Crippen molar-refractivity contribution in [2.45, 2.75) is 20.0 Å². The number of carbonyl (C=O) groups is 1. The Morgan fingerprint density at radius 1 is 1.22 bits per heavy atom. The quantitative estimate of drug-likeness (QED) is 0.657. The van der Waals surface area contributed by atoms with E-state index in [2.05, 4.69) is 5.10 Å². The van der Waals surface area contributed by atoms with Crippen molar-refractivity contribution in [3.05, 3.63) is 35.9 Å². The third-order valence-electron chi connectivity index (χ3n) is 2.15. The van der Waals surface area contributed by atoms with Crippen molar-refractivity contribution in [2.75, 3.05) is 0 Å². The molecule has 0 spiro atoms. The molecule has 0 saturated heterocycles. The van der Waals surface area contributed by atoms with Crippen LogP contribution in [-0.2, 0) is 0 Å². The minimum atomic E-state index is -4.54. The molecular formula is C12H13F3N2O. The van der Waals surface area contributed by atoms with Gasteiger partial charge in [0.1, 0.15) is 5.71 Å². The van der Waals surface area contributed by atoms with Crippen molar-refractivity contribution >= 4 is 11.6 Å². The molecule has 0 bridgehead atoms. The number of alkyl halides is 3. The van der Waals surface area contributed by atoms with Crippen LogP contribution in [0, 0.1) is 5.92 Å². The van der Waals surface area contributed by atoms with E-state index in [-0.39, 0.29) is 5.56 Å². The van der Waals surface area contributed by atoms with Crippen LogP contribution in [0.15, 0.2) is 35.4 Å². The normalized spacial score (nSPS) is 12.7. The van der Waals surface area contributed by atoms with Gasteiger partial charge in [0.25, 0.3) is 5.91 Å². The summed E-state index contributed by atoms with van der Waals surface area (Å²) in [6.07, 6.45) is -4.54. The van der Waals surface area contributed by atoms with Crippen molar-refractivity contribution in [1.82, 2.24) is 5.43 Å². The highest BCUT2D eigenvalue weighted by Crippen LogP contribution is 2.21. The second-order valence-corrected chi connectivity index (χ2v) is 3.96. The number of amides is 1. The summed E-state index contributed by atoms with van der Waals surface area (Å²) >= 11 is 0. The van der Waals surface area contributed by atoms with Crippen molar-refractivity contribution in [1.29, 1.82) is 0 Å². The van der Waals surface area contributed by atoms with Crippen molar-refractivity contribution in [3.63, 3.8) is 0 Å². The lowest BCUT2D eigenvalue weighted by molar-refractivity contribution is -0.0626. The van der Waals surface area contributed by atoms with Gasteiger partial charge < -0.3 is 0 Å². The summed E-state index contributed by atoms with van der Waals surface area (Å²) in [7, 11) is 0. The molecule has 0 unspecified atom stereocenters. The number of halogens is 3. The summed E-state index contributed by atoms with van der Waals surface area (Å²) in [4.78, 5) is 11.5. The molecule has 3 nitrogen and oxygen atoms in total. The molecule has 0 atom stereocenters. The summed E-state index contributed by atoms with van der Waals surface area (Å²) in [5.74, 6) is -1.49. The lowest BCUT2D eigenvalue weighted by Gasteiger charge is -2.13. The molecule has 1 aromatic rings. The number of rotatable bonds is 3. The van der Waals surface area contributed by atoms with Gasteiger partial charge in [0.15, 0.2) is 0 Å². The smallest absolute Gasteiger partial charge is 0.267 e. The van der Waals surface area contributed by atoms with Gasteiger partial charge in [-0.05, 0) is 12.1 Å². The number of benzene rings is 1. The van der Waals surface area contributed by atoms with Crippen molar-refractivity contribution in [2.24, 2.45) is 11.0 Å².